The summed E-state index contributed by atoms with van der Waals surface area (Å²) >= 11 is 8.71. The molecule has 0 atom stereocenters. The molecule has 168 valence electrons. The third-order valence-corrected chi connectivity index (χ3v) is 6.94. The monoisotopic (exact) mass is 498 g/mol. The van der Waals surface area contributed by atoms with Gasteiger partial charge >= 0.3 is 0 Å². The molecule has 4 rings (SSSR count). The van der Waals surface area contributed by atoms with Crippen LogP contribution in [0, 0.1) is 6.92 Å². The molecule has 2 aromatic heterocycles. The maximum atomic E-state index is 12.4. The van der Waals surface area contributed by atoms with Crippen molar-refractivity contribution in [1.29, 1.82) is 0 Å². The summed E-state index contributed by atoms with van der Waals surface area (Å²) in [6.45, 7) is 1.89. The summed E-state index contributed by atoms with van der Waals surface area (Å²) in [5.74, 6) is 0.332. The SMILES string of the molecule is COc1ccc(NC(=O)CSc2nc(-c3sc(-c4ccccc4)nc3C)cc(=O)[nH]2)cc1Cl. The van der Waals surface area contributed by atoms with Gasteiger partial charge in [-0.05, 0) is 25.1 Å². The summed E-state index contributed by atoms with van der Waals surface area (Å²) in [4.78, 5) is 37.3. The van der Waals surface area contributed by atoms with Crippen LogP contribution in [-0.2, 0) is 4.79 Å². The minimum Gasteiger partial charge on any atom is -0.495 e. The lowest BCUT2D eigenvalue weighted by atomic mass is 10.2. The number of thiazole rings is 1. The number of anilines is 1. The molecule has 10 heteroatoms. The average Bonchev–Trinajstić information content (AvgIpc) is 3.20. The molecule has 0 unspecified atom stereocenters. The fourth-order valence-corrected chi connectivity index (χ4v) is 5.00. The zero-order valence-corrected chi connectivity index (χ0v) is 20.1. The highest BCUT2D eigenvalue weighted by molar-refractivity contribution is 7.99. The number of carbonyl (C=O) groups is 1. The highest BCUT2D eigenvalue weighted by Gasteiger charge is 2.15. The first kappa shape index (κ1) is 23.0. The molecule has 2 N–H and O–H groups in total. The summed E-state index contributed by atoms with van der Waals surface area (Å²) in [5.41, 5.74) is 2.59. The minimum atomic E-state index is -0.293. The van der Waals surface area contributed by atoms with Gasteiger partial charge in [0.1, 0.15) is 10.8 Å². The first-order chi connectivity index (χ1) is 15.9. The van der Waals surface area contributed by atoms with E-state index in [0.29, 0.717) is 27.3 Å². The number of hydrogen-bond acceptors (Lipinski definition) is 7. The van der Waals surface area contributed by atoms with Gasteiger partial charge in [-0.25, -0.2) is 9.97 Å². The molecule has 7 nitrogen and oxygen atoms in total. The molecular formula is C23H19ClN4O3S2. The lowest BCUT2D eigenvalue weighted by molar-refractivity contribution is -0.113. The number of rotatable bonds is 7. The summed E-state index contributed by atoms with van der Waals surface area (Å²) in [5, 5.41) is 4.38. The van der Waals surface area contributed by atoms with Crippen LogP contribution in [0.5, 0.6) is 5.75 Å². The molecule has 2 aromatic carbocycles. The molecule has 33 heavy (non-hydrogen) atoms. The molecule has 2 heterocycles. The highest BCUT2D eigenvalue weighted by atomic mass is 35.5. The molecule has 0 aliphatic carbocycles. The number of nitrogens with zero attached hydrogens (tertiary/aromatic N) is 2. The summed E-state index contributed by atoms with van der Waals surface area (Å²) in [6, 6.07) is 16.3. The third kappa shape index (κ3) is 5.62. The number of aromatic nitrogens is 3. The maximum absolute atomic E-state index is 12.4. The summed E-state index contributed by atoms with van der Waals surface area (Å²) in [7, 11) is 1.52. The number of methoxy groups -OCH3 is 1. The maximum Gasteiger partial charge on any atom is 0.252 e. The highest BCUT2D eigenvalue weighted by Crippen LogP contribution is 2.34. The van der Waals surface area contributed by atoms with Gasteiger partial charge in [0.2, 0.25) is 5.91 Å². The van der Waals surface area contributed by atoms with Crippen molar-refractivity contribution in [2.45, 2.75) is 12.1 Å². The number of aryl methyl sites for hydroxylation is 1. The normalized spacial score (nSPS) is 10.8. The van der Waals surface area contributed by atoms with Gasteiger partial charge in [-0.2, -0.15) is 0 Å². The Bertz CT molecular complexity index is 1360. The van der Waals surface area contributed by atoms with Crippen LogP contribution in [0.1, 0.15) is 5.69 Å². The number of thioether (sulfide) groups is 1. The van der Waals surface area contributed by atoms with Crippen molar-refractivity contribution in [3.05, 3.63) is 75.7 Å². The summed E-state index contributed by atoms with van der Waals surface area (Å²) < 4.78 is 5.11. The van der Waals surface area contributed by atoms with E-state index >= 15 is 0 Å². The first-order valence-corrected chi connectivity index (χ1v) is 12.0. The first-order valence-electron chi connectivity index (χ1n) is 9.83. The van der Waals surface area contributed by atoms with Gasteiger partial charge in [0.05, 0.1) is 34.2 Å². The second-order valence-electron chi connectivity index (χ2n) is 6.92. The molecular weight excluding hydrogens is 480 g/mol. The van der Waals surface area contributed by atoms with E-state index in [1.165, 1.54) is 24.5 Å². The van der Waals surface area contributed by atoms with Gasteiger partial charge in [0.25, 0.3) is 5.56 Å². The van der Waals surface area contributed by atoms with Gasteiger partial charge in [-0.15, -0.1) is 11.3 Å². The smallest absolute Gasteiger partial charge is 0.252 e. The number of benzene rings is 2. The van der Waals surface area contributed by atoms with Crippen LogP contribution < -0.4 is 15.6 Å². The Morgan fingerprint density at radius 1 is 1.18 bits per heavy atom. The van der Waals surface area contributed by atoms with Crippen LogP contribution in [-0.4, -0.2) is 33.7 Å². The molecule has 4 aromatic rings. The third-order valence-electron chi connectivity index (χ3n) is 4.55. The van der Waals surface area contributed by atoms with Crippen molar-refractivity contribution in [3.63, 3.8) is 0 Å². The van der Waals surface area contributed by atoms with E-state index in [1.807, 2.05) is 37.3 Å². The predicted octanol–water partition coefficient (Wildman–Crippen LogP) is 5.26. The summed E-state index contributed by atoms with van der Waals surface area (Å²) in [6.07, 6.45) is 0. The van der Waals surface area contributed by atoms with Gasteiger partial charge in [-0.1, -0.05) is 53.7 Å². The Morgan fingerprint density at radius 2 is 1.97 bits per heavy atom. The van der Waals surface area contributed by atoms with Gasteiger partial charge in [0, 0.05) is 17.3 Å². The van der Waals surface area contributed by atoms with E-state index in [0.717, 1.165) is 32.9 Å². The Hall–Kier alpha value is -3.14. The minimum absolute atomic E-state index is 0.0625. The average molecular weight is 499 g/mol. The molecule has 0 bridgehead atoms. The van der Waals surface area contributed by atoms with Crippen LogP contribution in [0.4, 0.5) is 5.69 Å². The number of ether oxygens (including phenoxy) is 1. The Balaban J connectivity index is 1.48. The van der Waals surface area contributed by atoms with E-state index in [1.54, 1.807) is 18.2 Å². The van der Waals surface area contributed by atoms with E-state index in [4.69, 9.17) is 16.3 Å². The van der Waals surface area contributed by atoms with Crippen LogP contribution >= 0.6 is 34.7 Å². The number of amides is 1. The van der Waals surface area contributed by atoms with E-state index in [9.17, 15) is 9.59 Å². The zero-order valence-electron chi connectivity index (χ0n) is 17.7. The van der Waals surface area contributed by atoms with Gasteiger partial charge < -0.3 is 15.0 Å². The molecule has 1 amide bonds. The molecule has 0 aliphatic heterocycles. The second kappa shape index (κ2) is 10.2. The molecule has 0 spiro atoms. The largest absolute Gasteiger partial charge is 0.495 e. The van der Waals surface area contributed by atoms with Gasteiger partial charge in [0.15, 0.2) is 5.16 Å². The Labute approximate surface area is 203 Å². The van der Waals surface area contributed by atoms with Crippen molar-refractivity contribution in [1.82, 2.24) is 15.0 Å². The van der Waals surface area contributed by atoms with Crippen LogP contribution in [0.25, 0.3) is 21.1 Å². The number of H-pyrrole nitrogens is 1. The number of halogens is 1. The quantitative estimate of drug-likeness (QED) is 0.266. The molecule has 0 saturated carbocycles. The molecule has 0 radical (unpaired) electrons. The Kier molecular flexibility index (Phi) is 7.12. The van der Waals surface area contributed by atoms with Gasteiger partial charge in [-0.3, -0.25) is 9.59 Å². The van der Waals surface area contributed by atoms with Crippen LogP contribution in [0.2, 0.25) is 5.02 Å². The number of nitrogens with one attached hydrogen (secondary N) is 2. The molecule has 0 aliphatic rings. The van der Waals surface area contributed by atoms with E-state index in [-0.39, 0.29) is 17.2 Å². The topological polar surface area (TPSA) is 97.0 Å². The van der Waals surface area contributed by atoms with E-state index < -0.39 is 0 Å². The fourth-order valence-electron chi connectivity index (χ4n) is 3.03. The van der Waals surface area contributed by atoms with Crippen molar-refractivity contribution in [2.75, 3.05) is 18.2 Å². The van der Waals surface area contributed by atoms with Crippen molar-refractivity contribution < 1.29 is 9.53 Å². The Morgan fingerprint density at radius 3 is 2.70 bits per heavy atom. The number of carbonyl (C=O) groups excluding carboxylic acids is 1. The van der Waals surface area contributed by atoms with Crippen molar-refractivity contribution >= 4 is 46.3 Å². The lowest BCUT2D eigenvalue weighted by Crippen LogP contribution is -2.15. The zero-order chi connectivity index (χ0) is 23.4. The van der Waals surface area contributed by atoms with Crippen molar-refractivity contribution in [3.8, 4) is 26.9 Å². The van der Waals surface area contributed by atoms with Crippen LogP contribution in [0.15, 0.2) is 64.5 Å². The fraction of sp³-hybridized carbons (Fsp3) is 0.130. The molecule has 0 saturated heterocycles. The second-order valence-corrected chi connectivity index (χ2v) is 9.29. The van der Waals surface area contributed by atoms with Crippen molar-refractivity contribution in [2.24, 2.45) is 0 Å². The molecule has 0 fully saturated rings. The van der Waals surface area contributed by atoms with Crippen LogP contribution in [0.3, 0.4) is 0 Å². The lowest BCUT2D eigenvalue weighted by Gasteiger charge is -2.08. The number of aromatic amines is 1. The number of hydrogen-bond donors (Lipinski definition) is 2. The predicted molar refractivity (Wildman–Crippen MR) is 133 cm³/mol. The standard InChI is InChI=1S/C23H19ClN4O3S2/c1-13-21(33-22(25-13)14-6-4-3-5-7-14)17-11-19(29)28-23(27-17)32-12-20(30)26-15-8-9-18(31-2)16(24)10-15/h3-11H,12H2,1-2H3,(H,26,30)(H,27,28,29). The van der Waals surface area contributed by atoms with E-state index in [2.05, 4.69) is 20.3 Å².